The van der Waals surface area contributed by atoms with Crippen LogP contribution in [0.5, 0.6) is 17.2 Å². The van der Waals surface area contributed by atoms with E-state index in [1.54, 1.807) is 18.2 Å². The molecule has 5 nitrogen and oxygen atoms in total. The molecule has 0 unspecified atom stereocenters. The molecule has 0 radical (unpaired) electrons. The summed E-state index contributed by atoms with van der Waals surface area (Å²) >= 11 is 0. The van der Waals surface area contributed by atoms with Gasteiger partial charge in [0.05, 0.1) is 6.61 Å². The van der Waals surface area contributed by atoms with Crippen LogP contribution in [0.3, 0.4) is 0 Å². The van der Waals surface area contributed by atoms with E-state index in [9.17, 15) is 9.59 Å². The van der Waals surface area contributed by atoms with Gasteiger partial charge in [-0.15, -0.1) is 0 Å². The van der Waals surface area contributed by atoms with Gasteiger partial charge < -0.3 is 14.2 Å². The average molecular weight is 505 g/mol. The first-order chi connectivity index (χ1) is 17.6. The van der Waals surface area contributed by atoms with E-state index in [1.807, 2.05) is 0 Å². The molecule has 206 valence electrons. The fourth-order valence-corrected chi connectivity index (χ4v) is 4.08. The van der Waals surface area contributed by atoms with Gasteiger partial charge in [0.1, 0.15) is 5.75 Å². The van der Waals surface area contributed by atoms with Crippen LogP contribution in [0.1, 0.15) is 143 Å². The molecule has 0 atom stereocenters. The molecule has 1 aromatic carbocycles. The molecular formula is C31H52O5. The molecule has 0 heterocycles. The standard InChI is InChI=1S/C31H52O5/c1-4-7-10-13-15-18-21-30(32)35-28-24-23-27(34-25-20-17-12-9-6-3)26-29(28)36-31(33)22-19-16-14-11-8-5-2/h23-24,26H,4-22,25H2,1-3H3. The Balaban J connectivity index is 2.62. The van der Waals surface area contributed by atoms with Gasteiger partial charge in [-0.1, -0.05) is 111 Å². The lowest BCUT2D eigenvalue weighted by Crippen LogP contribution is -2.12. The summed E-state index contributed by atoms with van der Waals surface area (Å²) in [4.78, 5) is 24.9. The molecule has 0 spiro atoms. The van der Waals surface area contributed by atoms with Crippen molar-refractivity contribution in [2.24, 2.45) is 0 Å². The average Bonchev–Trinajstić information content (AvgIpc) is 2.87. The van der Waals surface area contributed by atoms with Gasteiger partial charge in [0.15, 0.2) is 11.5 Å². The molecule has 1 rings (SSSR count). The molecular weight excluding hydrogens is 452 g/mol. The van der Waals surface area contributed by atoms with Crippen molar-refractivity contribution in [1.29, 1.82) is 0 Å². The van der Waals surface area contributed by atoms with Crippen LogP contribution in [0.4, 0.5) is 0 Å². The van der Waals surface area contributed by atoms with Crippen molar-refractivity contribution in [1.82, 2.24) is 0 Å². The number of carbonyl (C=O) groups is 2. The molecule has 0 fully saturated rings. The summed E-state index contributed by atoms with van der Waals surface area (Å²) in [6.07, 6.45) is 19.8. The smallest absolute Gasteiger partial charge is 0.311 e. The third-order valence-corrected chi connectivity index (χ3v) is 6.35. The highest BCUT2D eigenvalue weighted by molar-refractivity contribution is 5.76. The maximum absolute atomic E-state index is 12.5. The van der Waals surface area contributed by atoms with E-state index >= 15 is 0 Å². The first-order valence-electron chi connectivity index (χ1n) is 14.8. The lowest BCUT2D eigenvalue weighted by molar-refractivity contribution is -0.137. The summed E-state index contributed by atoms with van der Waals surface area (Å²) in [5.74, 6) is 0.602. The first-order valence-corrected chi connectivity index (χ1v) is 14.8. The molecule has 0 saturated heterocycles. The van der Waals surface area contributed by atoms with Crippen LogP contribution in [-0.4, -0.2) is 18.5 Å². The molecule has 0 aliphatic carbocycles. The van der Waals surface area contributed by atoms with Crippen molar-refractivity contribution in [3.8, 4) is 17.2 Å². The van der Waals surface area contributed by atoms with Gasteiger partial charge in [0, 0.05) is 18.9 Å². The Morgan fingerprint density at radius 1 is 0.556 bits per heavy atom. The topological polar surface area (TPSA) is 61.8 Å². The van der Waals surface area contributed by atoms with Crippen molar-refractivity contribution in [2.45, 2.75) is 143 Å². The minimum Gasteiger partial charge on any atom is -0.493 e. The molecule has 0 bridgehead atoms. The number of esters is 2. The van der Waals surface area contributed by atoms with E-state index in [-0.39, 0.29) is 23.4 Å². The van der Waals surface area contributed by atoms with Crippen molar-refractivity contribution >= 4 is 11.9 Å². The molecule has 1 aromatic rings. The third-order valence-electron chi connectivity index (χ3n) is 6.35. The number of hydrogen-bond donors (Lipinski definition) is 0. The maximum Gasteiger partial charge on any atom is 0.311 e. The third kappa shape index (κ3) is 16.6. The second-order valence-corrected chi connectivity index (χ2v) is 9.85. The van der Waals surface area contributed by atoms with Crippen LogP contribution in [0, 0.1) is 0 Å². The van der Waals surface area contributed by atoms with Gasteiger partial charge in [-0.3, -0.25) is 9.59 Å². The summed E-state index contributed by atoms with van der Waals surface area (Å²) in [5.41, 5.74) is 0. The molecule has 0 saturated carbocycles. The summed E-state index contributed by atoms with van der Waals surface area (Å²) in [5, 5.41) is 0. The van der Waals surface area contributed by atoms with Crippen LogP contribution < -0.4 is 14.2 Å². The predicted molar refractivity (Wildman–Crippen MR) is 148 cm³/mol. The van der Waals surface area contributed by atoms with Crippen LogP contribution in [0.2, 0.25) is 0 Å². The fraction of sp³-hybridized carbons (Fsp3) is 0.742. The van der Waals surface area contributed by atoms with E-state index in [0.29, 0.717) is 25.2 Å². The number of unbranched alkanes of at least 4 members (excludes halogenated alkanes) is 14. The number of rotatable bonds is 23. The zero-order chi connectivity index (χ0) is 26.3. The highest BCUT2D eigenvalue weighted by Gasteiger charge is 2.15. The quantitative estimate of drug-likeness (QED) is 0.0844. The van der Waals surface area contributed by atoms with Gasteiger partial charge in [0.25, 0.3) is 0 Å². The van der Waals surface area contributed by atoms with Gasteiger partial charge in [-0.25, -0.2) is 0 Å². The van der Waals surface area contributed by atoms with E-state index in [4.69, 9.17) is 14.2 Å². The number of hydrogen-bond acceptors (Lipinski definition) is 5. The predicted octanol–water partition coefficient (Wildman–Crippen LogP) is 9.35. The first kappa shape index (κ1) is 32.0. The zero-order valence-electron chi connectivity index (χ0n) is 23.4. The second kappa shape index (κ2) is 22.2. The van der Waals surface area contributed by atoms with Crippen LogP contribution in [0.25, 0.3) is 0 Å². The monoisotopic (exact) mass is 504 g/mol. The molecule has 0 aliphatic rings. The van der Waals surface area contributed by atoms with E-state index in [1.165, 1.54) is 57.8 Å². The SMILES string of the molecule is CCCCCCCCC(=O)Oc1ccc(OCCCCCCC)cc1OC(=O)CCCCCCCC. The highest BCUT2D eigenvalue weighted by atomic mass is 16.6. The molecule has 0 aliphatic heterocycles. The molecule has 36 heavy (non-hydrogen) atoms. The summed E-state index contributed by atoms with van der Waals surface area (Å²) in [7, 11) is 0. The Morgan fingerprint density at radius 2 is 1.00 bits per heavy atom. The number of benzene rings is 1. The molecule has 0 N–H and O–H groups in total. The summed E-state index contributed by atoms with van der Waals surface area (Å²) in [6, 6.07) is 5.14. The zero-order valence-corrected chi connectivity index (χ0v) is 23.4. The Kier molecular flexibility index (Phi) is 19.7. The summed E-state index contributed by atoms with van der Waals surface area (Å²) < 4.78 is 17.1. The lowest BCUT2D eigenvalue weighted by atomic mass is 10.1. The Labute approximate surface area is 220 Å². The van der Waals surface area contributed by atoms with Gasteiger partial charge in [-0.2, -0.15) is 0 Å². The fourth-order valence-electron chi connectivity index (χ4n) is 4.08. The molecule has 0 amide bonds. The molecule has 0 aromatic heterocycles. The minimum atomic E-state index is -0.296. The highest BCUT2D eigenvalue weighted by Crippen LogP contribution is 2.33. The normalized spacial score (nSPS) is 10.9. The Hall–Kier alpha value is -2.04. The summed E-state index contributed by atoms with van der Waals surface area (Å²) in [6.45, 7) is 7.21. The van der Waals surface area contributed by atoms with Crippen molar-refractivity contribution in [3.05, 3.63) is 18.2 Å². The van der Waals surface area contributed by atoms with Gasteiger partial charge >= 0.3 is 11.9 Å². The van der Waals surface area contributed by atoms with Crippen LogP contribution in [-0.2, 0) is 9.59 Å². The largest absolute Gasteiger partial charge is 0.493 e. The Bertz CT molecular complexity index is 700. The van der Waals surface area contributed by atoms with Gasteiger partial charge in [-0.05, 0) is 31.4 Å². The maximum atomic E-state index is 12.5. The number of carbonyl (C=O) groups excluding carboxylic acids is 2. The van der Waals surface area contributed by atoms with E-state index in [0.717, 1.165) is 51.4 Å². The van der Waals surface area contributed by atoms with E-state index in [2.05, 4.69) is 20.8 Å². The van der Waals surface area contributed by atoms with Crippen LogP contribution >= 0.6 is 0 Å². The molecule has 5 heteroatoms. The second-order valence-electron chi connectivity index (χ2n) is 9.85. The van der Waals surface area contributed by atoms with Crippen molar-refractivity contribution in [2.75, 3.05) is 6.61 Å². The minimum absolute atomic E-state index is 0.269. The lowest BCUT2D eigenvalue weighted by Gasteiger charge is -2.13. The van der Waals surface area contributed by atoms with E-state index < -0.39 is 0 Å². The van der Waals surface area contributed by atoms with Crippen molar-refractivity contribution < 1.29 is 23.8 Å². The number of ether oxygens (including phenoxy) is 3. The van der Waals surface area contributed by atoms with Gasteiger partial charge in [0.2, 0.25) is 0 Å². The van der Waals surface area contributed by atoms with Crippen molar-refractivity contribution in [3.63, 3.8) is 0 Å². The van der Waals surface area contributed by atoms with Crippen LogP contribution in [0.15, 0.2) is 18.2 Å². The Morgan fingerprint density at radius 3 is 1.53 bits per heavy atom.